The molecule has 1 saturated heterocycles. The number of aromatic nitrogens is 4. The summed E-state index contributed by atoms with van der Waals surface area (Å²) in [5.41, 5.74) is 2.22. The number of likely N-dealkylation sites (tertiary alicyclic amines) is 1. The monoisotopic (exact) mass is 468 g/mol. The summed E-state index contributed by atoms with van der Waals surface area (Å²) in [6.45, 7) is 5.22. The first-order valence-electron chi connectivity index (χ1n) is 11.8. The summed E-state index contributed by atoms with van der Waals surface area (Å²) in [5, 5.41) is 8.03. The molecule has 174 valence electrons. The molecule has 1 aliphatic carbocycles. The van der Waals surface area contributed by atoms with Crippen molar-refractivity contribution in [1.82, 2.24) is 24.6 Å². The van der Waals surface area contributed by atoms with Crippen molar-refractivity contribution in [3.05, 3.63) is 52.2 Å². The number of nitrogens with zero attached hydrogens (tertiary/aromatic N) is 5. The predicted molar refractivity (Wildman–Crippen MR) is 127 cm³/mol. The molecule has 5 rings (SSSR count). The van der Waals surface area contributed by atoms with E-state index in [9.17, 15) is 9.18 Å². The van der Waals surface area contributed by atoms with Gasteiger partial charge in [0, 0.05) is 23.5 Å². The van der Waals surface area contributed by atoms with Gasteiger partial charge in [-0.3, -0.25) is 10.1 Å². The number of nitrogens with one attached hydrogen (secondary N) is 1. The van der Waals surface area contributed by atoms with Crippen LogP contribution in [0.5, 0.6) is 0 Å². The Kier molecular flexibility index (Phi) is 6.50. The van der Waals surface area contributed by atoms with Gasteiger partial charge in [-0.1, -0.05) is 12.8 Å². The largest absolute Gasteiger partial charge is 0.303 e. The van der Waals surface area contributed by atoms with Crippen LogP contribution >= 0.6 is 11.3 Å². The molecule has 1 saturated carbocycles. The van der Waals surface area contributed by atoms with Crippen LogP contribution in [0.1, 0.15) is 71.1 Å². The molecule has 2 fully saturated rings. The molecule has 33 heavy (non-hydrogen) atoms. The van der Waals surface area contributed by atoms with E-state index in [4.69, 9.17) is 4.98 Å². The zero-order valence-corrected chi connectivity index (χ0v) is 19.7. The highest BCUT2D eigenvalue weighted by atomic mass is 32.1. The molecule has 0 unspecified atom stereocenters. The topological polar surface area (TPSA) is 75.9 Å². The van der Waals surface area contributed by atoms with E-state index in [1.165, 1.54) is 79.0 Å². The number of hydrogen-bond acceptors (Lipinski definition) is 6. The Balaban J connectivity index is 1.30. The number of halogens is 1. The van der Waals surface area contributed by atoms with Gasteiger partial charge < -0.3 is 4.90 Å². The molecule has 9 heteroatoms. The van der Waals surface area contributed by atoms with Crippen molar-refractivity contribution in [3.63, 3.8) is 0 Å². The third kappa shape index (κ3) is 4.99. The molecule has 3 aromatic heterocycles. The maximum Gasteiger partial charge on any atom is 0.260 e. The number of aryl methyl sites for hydroxylation is 1. The number of carbonyl (C=O) groups is 1. The van der Waals surface area contributed by atoms with Gasteiger partial charge in [0.25, 0.3) is 5.91 Å². The Morgan fingerprint density at radius 2 is 2.03 bits per heavy atom. The molecule has 2 aliphatic rings. The normalized spacial score (nSPS) is 17.2. The van der Waals surface area contributed by atoms with Gasteiger partial charge >= 0.3 is 0 Å². The second-order valence-corrected chi connectivity index (χ2v) is 10.1. The molecular weight excluding hydrogens is 439 g/mol. The van der Waals surface area contributed by atoms with Gasteiger partial charge in [-0.2, -0.15) is 5.10 Å². The SMILES string of the molecule is Cc1nn(-c2ccc(F)cn2)cc1C(=O)Nc1nc(C2CCC2)c(CCN2CCCCC2)s1. The zero-order chi connectivity index (χ0) is 22.8. The highest BCUT2D eigenvalue weighted by molar-refractivity contribution is 7.15. The summed E-state index contributed by atoms with van der Waals surface area (Å²) >= 11 is 1.61. The molecule has 1 aliphatic heterocycles. The Bertz CT molecular complexity index is 1110. The summed E-state index contributed by atoms with van der Waals surface area (Å²) < 4.78 is 14.7. The molecular formula is C24H29FN6OS. The van der Waals surface area contributed by atoms with Crippen molar-refractivity contribution in [2.45, 2.75) is 57.8 Å². The van der Waals surface area contributed by atoms with Crippen LogP contribution in [-0.2, 0) is 6.42 Å². The van der Waals surface area contributed by atoms with Crippen LogP contribution < -0.4 is 5.32 Å². The van der Waals surface area contributed by atoms with E-state index in [-0.39, 0.29) is 5.91 Å². The zero-order valence-electron chi connectivity index (χ0n) is 18.9. The van der Waals surface area contributed by atoms with Gasteiger partial charge in [0.15, 0.2) is 10.9 Å². The number of amides is 1. The molecule has 7 nitrogen and oxygen atoms in total. The minimum Gasteiger partial charge on any atom is -0.303 e. The number of anilines is 1. The first-order chi connectivity index (χ1) is 16.1. The first-order valence-corrected chi connectivity index (χ1v) is 12.6. The summed E-state index contributed by atoms with van der Waals surface area (Å²) in [6.07, 6.45) is 11.3. The molecule has 1 amide bonds. The maximum atomic E-state index is 13.2. The minimum absolute atomic E-state index is 0.239. The second-order valence-electron chi connectivity index (χ2n) is 8.97. The first kappa shape index (κ1) is 22.2. The lowest BCUT2D eigenvalue weighted by atomic mass is 9.82. The van der Waals surface area contributed by atoms with Crippen molar-refractivity contribution >= 4 is 22.4 Å². The number of rotatable bonds is 7. The lowest BCUT2D eigenvalue weighted by molar-refractivity contribution is 0.102. The third-order valence-corrected chi connectivity index (χ3v) is 7.68. The van der Waals surface area contributed by atoms with Crippen LogP contribution in [-0.4, -0.2) is 50.2 Å². The van der Waals surface area contributed by atoms with E-state index in [1.807, 2.05) is 0 Å². The van der Waals surface area contributed by atoms with Gasteiger partial charge in [-0.25, -0.2) is 19.0 Å². The molecule has 0 atom stereocenters. The molecule has 0 bridgehead atoms. The van der Waals surface area contributed by atoms with Gasteiger partial charge in [0.1, 0.15) is 5.82 Å². The van der Waals surface area contributed by atoms with Gasteiger partial charge in [-0.15, -0.1) is 11.3 Å². The Morgan fingerprint density at radius 1 is 1.21 bits per heavy atom. The van der Waals surface area contributed by atoms with E-state index < -0.39 is 5.82 Å². The summed E-state index contributed by atoms with van der Waals surface area (Å²) in [4.78, 5) is 25.8. The fourth-order valence-corrected chi connectivity index (χ4v) is 5.54. The smallest absolute Gasteiger partial charge is 0.260 e. The lowest BCUT2D eigenvalue weighted by Crippen LogP contribution is -2.31. The number of carbonyl (C=O) groups excluding carboxylic acids is 1. The van der Waals surface area contributed by atoms with Gasteiger partial charge in [0.2, 0.25) is 0 Å². The number of piperidine rings is 1. The fourth-order valence-electron chi connectivity index (χ4n) is 4.51. The quantitative estimate of drug-likeness (QED) is 0.543. The lowest BCUT2D eigenvalue weighted by Gasteiger charge is -2.27. The fraction of sp³-hybridized carbons (Fsp3) is 0.500. The average Bonchev–Trinajstić information content (AvgIpc) is 3.35. The molecule has 1 N–H and O–H groups in total. The number of pyridine rings is 1. The van der Waals surface area contributed by atoms with E-state index in [0.717, 1.165) is 19.2 Å². The van der Waals surface area contributed by atoms with Crippen LogP contribution in [0.25, 0.3) is 5.82 Å². The number of thiazole rings is 1. The van der Waals surface area contributed by atoms with E-state index in [1.54, 1.807) is 24.5 Å². The van der Waals surface area contributed by atoms with Gasteiger partial charge in [0.05, 0.1) is 23.1 Å². The predicted octanol–water partition coefficient (Wildman–Crippen LogP) is 4.72. The second kappa shape index (κ2) is 9.69. The summed E-state index contributed by atoms with van der Waals surface area (Å²) in [6, 6.07) is 2.85. The van der Waals surface area contributed by atoms with Crippen LogP contribution in [0.15, 0.2) is 24.5 Å². The summed E-state index contributed by atoms with van der Waals surface area (Å²) in [5.74, 6) is 0.331. The van der Waals surface area contributed by atoms with Gasteiger partial charge in [-0.05, 0) is 64.3 Å². The summed E-state index contributed by atoms with van der Waals surface area (Å²) in [7, 11) is 0. The van der Waals surface area contributed by atoms with Crippen LogP contribution in [0.2, 0.25) is 0 Å². The number of hydrogen-bond donors (Lipinski definition) is 1. The van der Waals surface area contributed by atoms with Crippen molar-refractivity contribution in [2.24, 2.45) is 0 Å². The van der Waals surface area contributed by atoms with Crippen molar-refractivity contribution in [3.8, 4) is 5.82 Å². The van der Waals surface area contributed by atoms with Crippen LogP contribution in [0.3, 0.4) is 0 Å². The van der Waals surface area contributed by atoms with E-state index in [0.29, 0.717) is 28.1 Å². The highest BCUT2D eigenvalue weighted by Gasteiger charge is 2.27. The van der Waals surface area contributed by atoms with Crippen molar-refractivity contribution in [2.75, 3.05) is 25.0 Å². The molecule has 0 aromatic carbocycles. The van der Waals surface area contributed by atoms with E-state index in [2.05, 4.69) is 20.3 Å². The van der Waals surface area contributed by atoms with Crippen molar-refractivity contribution < 1.29 is 9.18 Å². The standard InChI is InChI=1S/C24H29FN6OS/c1-16-19(15-31(29-16)21-9-8-18(25)14-26-21)23(32)28-24-27-22(17-6-5-7-17)20(33-24)10-13-30-11-3-2-4-12-30/h8-9,14-15,17H,2-7,10-13H2,1H3,(H,27,28,32). The Labute approximate surface area is 197 Å². The molecule has 4 heterocycles. The molecule has 0 spiro atoms. The van der Waals surface area contributed by atoms with Crippen LogP contribution in [0, 0.1) is 12.7 Å². The van der Waals surface area contributed by atoms with E-state index >= 15 is 0 Å². The van der Waals surface area contributed by atoms with Crippen molar-refractivity contribution in [1.29, 1.82) is 0 Å². The Morgan fingerprint density at radius 3 is 2.73 bits per heavy atom. The minimum atomic E-state index is -0.414. The Hall–Kier alpha value is -2.65. The maximum absolute atomic E-state index is 13.2. The molecule has 0 radical (unpaired) electrons. The van der Waals surface area contributed by atoms with Crippen LogP contribution in [0.4, 0.5) is 9.52 Å². The molecule has 3 aromatic rings. The average molecular weight is 469 g/mol. The highest BCUT2D eigenvalue weighted by Crippen LogP contribution is 2.40. The third-order valence-electron chi connectivity index (χ3n) is 6.63.